The van der Waals surface area contributed by atoms with Gasteiger partial charge in [-0.2, -0.15) is 0 Å². The molecular weight excluding hydrogens is 411 g/mol. The fourth-order valence-electron chi connectivity index (χ4n) is 4.64. The third-order valence-corrected chi connectivity index (χ3v) is 6.55. The largest absolute Gasteiger partial charge is 0.444 e. The Bertz CT molecular complexity index is 899. The third-order valence-electron chi connectivity index (χ3n) is 6.55. The Kier molecular flexibility index (Phi) is 7.40. The van der Waals surface area contributed by atoms with Crippen molar-refractivity contribution in [3.05, 3.63) is 65.5 Å². The molecule has 3 aliphatic rings. The first-order valence-corrected chi connectivity index (χ1v) is 11.3. The fourth-order valence-corrected chi connectivity index (χ4v) is 4.64. The van der Waals surface area contributed by atoms with Crippen LogP contribution in [0.1, 0.15) is 36.7 Å². The number of benzene rings is 2. The van der Waals surface area contributed by atoms with E-state index in [2.05, 4.69) is 4.90 Å². The minimum Gasteiger partial charge on any atom is -0.444 e. The topological polar surface area (TPSA) is 62.2 Å². The molecule has 5 rings (SSSR count). The van der Waals surface area contributed by atoms with Crippen LogP contribution in [0.25, 0.3) is 0 Å². The number of aliphatic hydroxyl groups is 1. The molecule has 1 unspecified atom stereocenters. The number of nitrogens with zero attached hydrogens (tertiary/aromatic N) is 2. The molecule has 1 amide bonds. The number of hydrogen-bond donors (Lipinski definition) is 1. The number of methoxy groups -OCH3 is 1. The minimum atomic E-state index is -0.943. The quantitative estimate of drug-likeness (QED) is 0.623. The lowest BCUT2D eigenvalue weighted by molar-refractivity contribution is -0.0769. The lowest BCUT2D eigenvalue weighted by Crippen LogP contribution is -2.53. The lowest BCUT2D eigenvalue weighted by atomic mass is 9.86. The molecule has 2 bridgehead atoms. The summed E-state index contributed by atoms with van der Waals surface area (Å²) in [6.07, 6.45) is 1.90. The maximum atomic E-state index is 14.5. The summed E-state index contributed by atoms with van der Waals surface area (Å²) in [5, 5.41) is 9.74. The maximum Gasteiger partial charge on any atom is 0.414 e. The van der Waals surface area contributed by atoms with E-state index in [1.54, 1.807) is 18.2 Å². The summed E-state index contributed by atoms with van der Waals surface area (Å²) in [7, 11) is 1.45. The number of aliphatic hydroxyl groups excluding tert-OH is 1. The Hall–Kier alpha value is -2.48. The number of halogens is 1. The molecule has 172 valence electrons. The molecule has 2 atom stereocenters. The highest BCUT2D eigenvalue weighted by molar-refractivity contribution is 5.87. The number of piperidine rings is 3. The summed E-state index contributed by atoms with van der Waals surface area (Å²) in [4.78, 5) is 16.9. The standard InChI is InChI=1S/C25H31FN2O4/c1-31-24(29)20-10-8-18(9-11-20)5-4-14-28(22-7-3-2-6-21(22)26)25(30)32-23-17-27-15-12-19(23)13-16-27/h2-3,6-11,19,23-24,29H,4-5,12-17H2,1H3/t23-,24?/m0/s1. The van der Waals surface area contributed by atoms with Gasteiger partial charge < -0.3 is 14.6 Å². The molecule has 3 fully saturated rings. The van der Waals surface area contributed by atoms with E-state index in [0.717, 1.165) is 38.0 Å². The van der Waals surface area contributed by atoms with Crippen LogP contribution in [0.2, 0.25) is 0 Å². The van der Waals surface area contributed by atoms with Crippen LogP contribution in [0, 0.1) is 11.7 Å². The van der Waals surface area contributed by atoms with Crippen LogP contribution in [0.15, 0.2) is 48.5 Å². The number of rotatable bonds is 8. The highest BCUT2D eigenvalue weighted by Crippen LogP contribution is 2.31. The van der Waals surface area contributed by atoms with Crippen molar-refractivity contribution in [2.75, 3.05) is 38.2 Å². The fraction of sp³-hybridized carbons (Fsp3) is 0.480. The summed E-state index contributed by atoms with van der Waals surface area (Å²) in [5.41, 5.74) is 2.00. The van der Waals surface area contributed by atoms with Crippen molar-refractivity contribution in [1.82, 2.24) is 4.90 Å². The van der Waals surface area contributed by atoms with E-state index < -0.39 is 18.2 Å². The van der Waals surface area contributed by atoms with Crippen LogP contribution in [0.5, 0.6) is 0 Å². The minimum absolute atomic E-state index is 0.126. The van der Waals surface area contributed by atoms with Gasteiger partial charge in [0.15, 0.2) is 6.29 Å². The second-order valence-corrected chi connectivity index (χ2v) is 8.60. The summed E-state index contributed by atoms with van der Waals surface area (Å²) in [6, 6.07) is 13.8. The zero-order valence-corrected chi connectivity index (χ0v) is 18.5. The highest BCUT2D eigenvalue weighted by atomic mass is 19.1. The Balaban J connectivity index is 1.41. The van der Waals surface area contributed by atoms with Gasteiger partial charge >= 0.3 is 6.09 Å². The third kappa shape index (κ3) is 5.28. The second-order valence-electron chi connectivity index (χ2n) is 8.60. The van der Waals surface area contributed by atoms with E-state index in [1.807, 2.05) is 24.3 Å². The van der Waals surface area contributed by atoms with Crippen molar-refractivity contribution in [3.8, 4) is 0 Å². The molecule has 0 spiro atoms. The Labute approximate surface area is 188 Å². The average Bonchev–Trinajstić information content (AvgIpc) is 2.83. The zero-order valence-electron chi connectivity index (χ0n) is 18.5. The Morgan fingerprint density at radius 3 is 2.53 bits per heavy atom. The van der Waals surface area contributed by atoms with E-state index in [4.69, 9.17) is 9.47 Å². The first kappa shape index (κ1) is 22.7. The number of carbonyl (C=O) groups is 1. The molecule has 3 saturated heterocycles. The van der Waals surface area contributed by atoms with Crippen LogP contribution >= 0.6 is 0 Å². The van der Waals surface area contributed by atoms with Gasteiger partial charge in [0.1, 0.15) is 11.9 Å². The normalized spacial score (nSPS) is 23.0. The van der Waals surface area contributed by atoms with E-state index >= 15 is 0 Å². The summed E-state index contributed by atoms with van der Waals surface area (Å²) >= 11 is 0. The average molecular weight is 443 g/mol. The van der Waals surface area contributed by atoms with Gasteiger partial charge in [0.05, 0.1) is 5.69 Å². The number of para-hydroxylation sites is 1. The predicted molar refractivity (Wildman–Crippen MR) is 120 cm³/mol. The van der Waals surface area contributed by atoms with Gasteiger partial charge in [-0.05, 0) is 62.4 Å². The first-order chi connectivity index (χ1) is 15.5. The molecule has 7 heteroatoms. The summed E-state index contributed by atoms with van der Waals surface area (Å²) in [5.74, 6) is -0.0383. The van der Waals surface area contributed by atoms with Gasteiger partial charge in [-0.15, -0.1) is 0 Å². The van der Waals surface area contributed by atoms with Crippen LogP contribution in [0.4, 0.5) is 14.9 Å². The van der Waals surface area contributed by atoms with E-state index in [9.17, 15) is 14.3 Å². The van der Waals surface area contributed by atoms with Crippen LogP contribution in [0.3, 0.4) is 0 Å². The SMILES string of the molecule is COC(O)c1ccc(CCCN(C(=O)O[C@H]2CN3CCC2CC3)c2ccccc2F)cc1. The number of ether oxygens (including phenoxy) is 2. The van der Waals surface area contributed by atoms with Gasteiger partial charge in [-0.25, -0.2) is 9.18 Å². The number of amides is 1. The molecule has 3 heterocycles. The molecule has 0 saturated carbocycles. The van der Waals surface area contributed by atoms with Crippen molar-refractivity contribution >= 4 is 11.8 Å². The zero-order chi connectivity index (χ0) is 22.5. The van der Waals surface area contributed by atoms with Crippen LogP contribution in [-0.4, -0.2) is 55.5 Å². The highest BCUT2D eigenvalue weighted by Gasteiger charge is 2.37. The van der Waals surface area contributed by atoms with Gasteiger partial charge in [0, 0.05) is 25.8 Å². The molecular formula is C25H31FN2O4. The number of fused-ring (bicyclic) bond motifs is 3. The molecule has 0 radical (unpaired) electrons. The van der Waals surface area contributed by atoms with Crippen LogP contribution in [-0.2, 0) is 15.9 Å². The summed E-state index contributed by atoms with van der Waals surface area (Å²) < 4.78 is 25.3. The van der Waals surface area contributed by atoms with Gasteiger partial charge in [0.25, 0.3) is 0 Å². The van der Waals surface area contributed by atoms with Gasteiger partial charge in [-0.1, -0.05) is 36.4 Å². The first-order valence-electron chi connectivity index (χ1n) is 11.3. The lowest BCUT2D eigenvalue weighted by Gasteiger charge is -2.44. The van der Waals surface area contributed by atoms with E-state index in [1.165, 1.54) is 18.1 Å². The van der Waals surface area contributed by atoms with Crippen LogP contribution < -0.4 is 4.90 Å². The van der Waals surface area contributed by atoms with E-state index in [0.29, 0.717) is 30.9 Å². The van der Waals surface area contributed by atoms with Crippen molar-refractivity contribution in [1.29, 1.82) is 0 Å². The van der Waals surface area contributed by atoms with Gasteiger partial charge in [0.2, 0.25) is 0 Å². The molecule has 2 aromatic rings. The van der Waals surface area contributed by atoms with Gasteiger partial charge in [-0.3, -0.25) is 9.80 Å². The number of hydrogen-bond acceptors (Lipinski definition) is 5. The van der Waals surface area contributed by atoms with Crippen molar-refractivity contribution < 1.29 is 23.8 Å². The molecule has 32 heavy (non-hydrogen) atoms. The molecule has 0 aromatic heterocycles. The van der Waals surface area contributed by atoms with Crippen molar-refractivity contribution in [3.63, 3.8) is 0 Å². The molecule has 0 aliphatic carbocycles. The molecule has 6 nitrogen and oxygen atoms in total. The predicted octanol–water partition coefficient (Wildman–Crippen LogP) is 4.13. The molecule has 1 N–H and O–H groups in total. The maximum absolute atomic E-state index is 14.5. The van der Waals surface area contributed by atoms with Crippen molar-refractivity contribution in [2.45, 2.75) is 38.1 Å². The number of anilines is 1. The van der Waals surface area contributed by atoms with Crippen molar-refractivity contribution in [2.24, 2.45) is 5.92 Å². The number of aryl methyl sites for hydroxylation is 1. The number of carbonyl (C=O) groups excluding carboxylic acids is 1. The monoisotopic (exact) mass is 442 g/mol. The molecule has 2 aromatic carbocycles. The Morgan fingerprint density at radius 1 is 1.19 bits per heavy atom. The smallest absolute Gasteiger partial charge is 0.414 e. The van der Waals surface area contributed by atoms with E-state index in [-0.39, 0.29) is 11.8 Å². The molecule has 3 aliphatic heterocycles. The Morgan fingerprint density at radius 2 is 1.91 bits per heavy atom. The summed E-state index contributed by atoms with van der Waals surface area (Å²) in [6.45, 7) is 3.25. The second kappa shape index (κ2) is 10.4.